The smallest absolute Gasteiger partial charge is 0.228 e. The number of amides is 1. The summed E-state index contributed by atoms with van der Waals surface area (Å²) in [6.45, 7) is 4.32. The Morgan fingerprint density at radius 3 is 2.40 bits per heavy atom. The van der Waals surface area contributed by atoms with Crippen molar-refractivity contribution >= 4 is 5.91 Å². The van der Waals surface area contributed by atoms with Crippen LogP contribution in [0.3, 0.4) is 0 Å². The van der Waals surface area contributed by atoms with Crippen LogP contribution in [-0.2, 0) is 9.53 Å². The van der Waals surface area contributed by atoms with Crippen LogP contribution in [0.15, 0.2) is 0 Å². The van der Waals surface area contributed by atoms with Crippen LogP contribution in [0.4, 0.5) is 0 Å². The van der Waals surface area contributed by atoms with Crippen LogP contribution in [0.2, 0.25) is 0 Å². The number of aliphatic hydroxyl groups is 1. The summed E-state index contributed by atoms with van der Waals surface area (Å²) in [7, 11) is 1.72. The van der Waals surface area contributed by atoms with Gasteiger partial charge in [-0.2, -0.15) is 0 Å². The standard InChI is InChI=1S/C16H29NO3/c1-4-7-16(8-5-2)15(13(19)17-3)10-6-9-14(11-15,12-18)20-16/h18H,4-12H2,1-3H3,(H,17,19)/t14-,15+/m1/s1. The maximum atomic E-state index is 12.7. The second-order valence-corrected chi connectivity index (χ2v) is 6.63. The van der Waals surface area contributed by atoms with E-state index in [4.69, 9.17) is 4.74 Å². The lowest BCUT2D eigenvalue weighted by atomic mass is 9.60. The average Bonchev–Trinajstić information content (AvgIpc) is 2.65. The van der Waals surface area contributed by atoms with Crippen LogP contribution < -0.4 is 5.32 Å². The Labute approximate surface area is 122 Å². The Morgan fingerprint density at radius 2 is 1.90 bits per heavy atom. The van der Waals surface area contributed by atoms with Crippen molar-refractivity contribution in [2.24, 2.45) is 5.41 Å². The molecule has 2 rings (SSSR count). The second kappa shape index (κ2) is 5.64. The van der Waals surface area contributed by atoms with E-state index in [2.05, 4.69) is 19.2 Å². The number of carbonyl (C=O) groups excluding carboxylic acids is 1. The molecule has 2 N–H and O–H groups in total. The molecule has 1 amide bonds. The van der Waals surface area contributed by atoms with Crippen LogP contribution in [0.5, 0.6) is 0 Å². The summed E-state index contributed by atoms with van der Waals surface area (Å²) in [6, 6.07) is 0. The van der Waals surface area contributed by atoms with Gasteiger partial charge in [-0.15, -0.1) is 0 Å². The third-order valence-corrected chi connectivity index (χ3v) is 5.40. The van der Waals surface area contributed by atoms with Crippen molar-refractivity contribution in [3.05, 3.63) is 0 Å². The largest absolute Gasteiger partial charge is 0.393 e. The number of aliphatic hydroxyl groups excluding tert-OH is 1. The minimum atomic E-state index is -0.491. The molecule has 1 aliphatic carbocycles. The van der Waals surface area contributed by atoms with Crippen molar-refractivity contribution in [2.45, 2.75) is 76.4 Å². The van der Waals surface area contributed by atoms with Gasteiger partial charge in [0.05, 0.1) is 23.2 Å². The van der Waals surface area contributed by atoms with Gasteiger partial charge in [-0.3, -0.25) is 4.79 Å². The highest BCUT2D eigenvalue weighted by atomic mass is 16.5. The molecule has 1 heterocycles. The molecule has 0 aromatic rings. The normalized spacial score (nSPS) is 35.0. The molecule has 0 aromatic heterocycles. The van der Waals surface area contributed by atoms with Gasteiger partial charge in [0.2, 0.25) is 5.91 Å². The predicted octanol–water partition coefficient (Wildman–Crippen LogP) is 2.39. The fourth-order valence-electron chi connectivity index (χ4n) is 4.75. The molecule has 2 bridgehead atoms. The summed E-state index contributed by atoms with van der Waals surface area (Å²) in [5.41, 5.74) is -1.33. The summed E-state index contributed by atoms with van der Waals surface area (Å²) >= 11 is 0. The van der Waals surface area contributed by atoms with Gasteiger partial charge < -0.3 is 15.2 Å². The molecule has 4 heteroatoms. The summed E-state index contributed by atoms with van der Waals surface area (Å²) in [5, 5.41) is 12.7. The van der Waals surface area contributed by atoms with E-state index in [0.717, 1.165) is 44.9 Å². The first kappa shape index (κ1) is 15.8. The fourth-order valence-corrected chi connectivity index (χ4v) is 4.75. The fraction of sp³-hybridized carbons (Fsp3) is 0.938. The van der Waals surface area contributed by atoms with Crippen LogP contribution in [0, 0.1) is 5.41 Å². The van der Waals surface area contributed by atoms with Crippen molar-refractivity contribution < 1.29 is 14.6 Å². The lowest BCUT2D eigenvalue weighted by molar-refractivity contribution is -0.158. The van der Waals surface area contributed by atoms with Gasteiger partial charge >= 0.3 is 0 Å². The van der Waals surface area contributed by atoms with E-state index < -0.39 is 16.6 Å². The van der Waals surface area contributed by atoms with Gasteiger partial charge in [-0.25, -0.2) is 0 Å². The van der Waals surface area contributed by atoms with E-state index in [1.807, 2.05) is 0 Å². The van der Waals surface area contributed by atoms with Crippen molar-refractivity contribution in [1.82, 2.24) is 5.32 Å². The van der Waals surface area contributed by atoms with Crippen molar-refractivity contribution in [3.63, 3.8) is 0 Å². The molecule has 4 nitrogen and oxygen atoms in total. The van der Waals surface area contributed by atoms with Crippen molar-refractivity contribution in [3.8, 4) is 0 Å². The summed E-state index contributed by atoms with van der Waals surface area (Å²) < 4.78 is 6.51. The van der Waals surface area contributed by atoms with Gasteiger partial charge in [0, 0.05) is 7.05 Å². The Balaban J connectivity index is 2.48. The molecule has 2 aliphatic rings. The van der Waals surface area contributed by atoms with Gasteiger partial charge in [0.1, 0.15) is 0 Å². The third-order valence-electron chi connectivity index (χ3n) is 5.40. The number of fused-ring (bicyclic) bond motifs is 2. The average molecular weight is 283 g/mol. The SMILES string of the molecule is CCCC1(CCC)O[C@]2(CO)CCC[C@@]1(C(=O)NC)C2. The second-order valence-electron chi connectivity index (χ2n) is 6.63. The summed E-state index contributed by atoms with van der Waals surface area (Å²) in [5.74, 6) is 0.106. The Kier molecular flexibility index (Phi) is 4.45. The lowest BCUT2D eigenvalue weighted by Gasteiger charge is -2.43. The molecule has 20 heavy (non-hydrogen) atoms. The Bertz CT molecular complexity index is 365. The van der Waals surface area contributed by atoms with E-state index in [0.29, 0.717) is 6.42 Å². The maximum Gasteiger partial charge on any atom is 0.228 e. The molecule has 2 fully saturated rings. The highest BCUT2D eigenvalue weighted by Crippen LogP contribution is 2.62. The first-order valence-corrected chi connectivity index (χ1v) is 8.07. The summed E-state index contributed by atoms with van der Waals surface area (Å²) in [6.07, 6.45) is 7.19. The van der Waals surface area contributed by atoms with Gasteiger partial charge in [0.15, 0.2) is 0 Å². The number of rotatable bonds is 6. The van der Waals surface area contributed by atoms with Gasteiger partial charge in [0.25, 0.3) is 0 Å². The van der Waals surface area contributed by atoms with Crippen molar-refractivity contribution in [1.29, 1.82) is 0 Å². The van der Waals surface area contributed by atoms with E-state index >= 15 is 0 Å². The van der Waals surface area contributed by atoms with E-state index in [-0.39, 0.29) is 12.5 Å². The Morgan fingerprint density at radius 1 is 1.25 bits per heavy atom. The summed E-state index contributed by atoms with van der Waals surface area (Å²) in [4.78, 5) is 12.7. The van der Waals surface area contributed by atoms with Crippen LogP contribution in [0.25, 0.3) is 0 Å². The van der Waals surface area contributed by atoms with Crippen LogP contribution >= 0.6 is 0 Å². The first-order valence-electron chi connectivity index (χ1n) is 8.07. The van der Waals surface area contributed by atoms with Gasteiger partial charge in [-0.05, 0) is 38.5 Å². The molecule has 1 aliphatic heterocycles. The van der Waals surface area contributed by atoms with Crippen LogP contribution in [0.1, 0.15) is 65.2 Å². The monoisotopic (exact) mass is 283 g/mol. The molecule has 0 spiro atoms. The van der Waals surface area contributed by atoms with E-state index in [1.54, 1.807) is 7.05 Å². The zero-order valence-corrected chi connectivity index (χ0v) is 13.1. The zero-order valence-electron chi connectivity index (χ0n) is 13.1. The molecule has 2 atom stereocenters. The molecular formula is C16H29NO3. The first-order chi connectivity index (χ1) is 9.53. The molecule has 0 aromatic carbocycles. The molecule has 0 radical (unpaired) electrons. The molecular weight excluding hydrogens is 254 g/mol. The number of hydrogen-bond donors (Lipinski definition) is 2. The predicted molar refractivity (Wildman–Crippen MR) is 78.4 cm³/mol. The topological polar surface area (TPSA) is 58.6 Å². The maximum absolute atomic E-state index is 12.7. The number of carbonyl (C=O) groups is 1. The minimum absolute atomic E-state index is 0.0287. The van der Waals surface area contributed by atoms with Gasteiger partial charge in [-0.1, -0.05) is 26.7 Å². The number of nitrogens with one attached hydrogen (secondary N) is 1. The van der Waals surface area contributed by atoms with Crippen molar-refractivity contribution in [2.75, 3.05) is 13.7 Å². The highest BCUT2D eigenvalue weighted by Gasteiger charge is 2.68. The highest BCUT2D eigenvalue weighted by molar-refractivity contribution is 5.84. The Hall–Kier alpha value is -0.610. The number of hydrogen-bond acceptors (Lipinski definition) is 3. The quantitative estimate of drug-likeness (QED) is 0.787. The van der Waals surface area contributed by atoms with E-state index in [9.17, 15) is 9.90 Å². The third kappa shape index (κ3) is 2.08. The lowest BCUT2D eigenvalue weighted by Crippen LogP contribution is -2.54. The zero-order chi connectivity index (χ0) is 14.9. The molecule has 0 unspecified atom stereocenters. The molecule has 1 saturated heterocycles. The molecule has 1 saturated carbocycles. The van der Waals surface area contributed by atoms with E-state index in [1.165, 1.54) is 0 Å². The minimum Gasteiger partial charge on any atom is -0.393 e. The molecule has 116 valence electrons. The number of ether oxygens (including phenoxy) is 1. The van der Waals surface area contributed by atoms with Crippen LogP contribution in [-0.4, -0.2) is 35.9 Å².